The van der Waals surface area contributed by atoms with Crippen molar-refractivity contribution in [3.63, 3.8) is 0 Å². The van der Waals surface area contributed by atoms with E-state index in [1.165, 1.54) is 13.8 Å². The zero-order chi connectivity index (χ0) is 21.7. The molecule has 0 radical (unpaired) electrons. The zero-order valence-corrected chi connectivity index (χ0v) is 17.9. The van der Waals surface area contributed by atoms with Crippen LogP contribution in [0.3, 0.4) is 0 Å². The van der Waals surface area contributed by atoms with Crippen molar-refractivity contribution in [2.24, 2.45) is 0 Å². The van der Waals surface area contributed by atoms with Gasteiger partial charge >= 0.3 is 5.22 Å². The highest BCUT2D eigenvalue weighted by molar-refractivity contribution is 7.91. The number of oxazole rings is 1. The summed E-state index contributed by atoms with van der Waals surface area (Å²) >= 11 is 0. The van der Waals surface area contributed by atoms with Gasteiger partial charge in [-0.15, -0.1) is 0 Å². The Kier molecular flexibility index (Phi) is 5.07. The molecule has 0 atom stereocenters. The first-order chi connectivity index (χ1) is 14.1. The van der Waals surface area contributed by atoms with E-state index < -0.39 is 32.2 Å². The maximum atomic E-state index is 12.8. The van der Waals surface area contributed by atoms with E-state index in [2.05, 4.69) is 11.1 Å². The molecule has 1 N–H and O–H groups in total. The molecule has 2 aliphatic carbocycles. The quantitative estimate of drug-likeness (QED) is 0.749. The Labute approximate surface area is 175 Å². The summed E-state index contributed by atoms with van der Waals surface area (Å²) in [5, 5.41) is 19.1. The summed E-state index contributed by atoms with van der Waals surface area (Å²) in [5.41, 5.74) is 4.69. The summed E-state index contributed by atoms with van der Waals surface area (Å²) < 4.78 is 30.3. The maximum Gasteiger partial charge on any atom is 0.315 e. The predicted molar refractivity (Wildman–Crippen MR) is 108 cm³/mol. The third-order valence-electron chi connectivity index (χ3n) is 5.98. The Hall–Kier alpha value is -2.50. The zero-order valence-electron chi connectivity index (χ0n) is 17.1. The molecule has 4 rings (SSSR count). The van der Waals surface area contributed by atoms with Crippen LogP contribution in [0.5, 0.6) is 0 Å². The second-order valence-electron chi connectivity index (χ2n) is 8.62. The molecule has 7 nitrogen and oxygen atoms in total. The lowest BCUT2D eigenvalue weighted by Crippen LogP contribution is -2.21. The molecule has 158 valence electrons. The number of carbonyl (C=O) groups excluding carboxylic acids is 1. The molecule has 1 heterocycles. The second kappa shape index (κ2) is 7.33. The molecule has 0 saturated heterocycles. The molecule has 0 aliphatic heterocycles. The number of ketones is 1. The number of fused-ring (bicyclic) bond motifs is 2. The van der Waals surface area contributed by atoms with Gasteiger partial charge in [-0.3, -0.25) is 4.79 Å². The fourth-order valence-electron chi connectivity index (χ4n) is 4.62. The summed E-state index contributed by atoms with van der Waals surface area (Å²) in [5.74, 6) is -1.13. The lowest BCUT2D eigenvalue weighted by molar-refractivity contribution is -0.116. The van der Waals surface area contributed by atoms with Gasteiger partial charge in [-0.1, -0.05) is 0 Å². The van der Waals surface area contributed by atoms with Gasteiger partial charge in [0.05, 0.1) is 11.6 Å². The summed E-state index contributed by atoms with van der Waals surface area (Å²) in [4.78, 5) is 16.7. The standard InChI is InChI=1S/C22H24N2O5S/c1-22(2,26)20-11-29-21(24-20)30(27,28)12-13(25)9-18-14-5-3-7-16(14)19(10-23)17-8-4-6-15(17)18/h11,26H,3-9,12H2,1-2H3. The first kappa shape index (κ1) is 20.8. The summed E-state index contributed by atoms with van der Waals surface area (Å²) in [6.07, 6.45) is 6.34. The number of hydrogen-bond donors (Lipinski definition) is 1. The summed E-state index contributed by atoms with van der Waals surface area (Å²) in [6, 6.07) is 2.36. The van der Waals surface area contributed by atoms with Gasteiger partial charge in [-0.25, -0.2) is 13.4 Å². The van der Waals surface area contributed by atoms with Crippen molar-refractivity contribution in [1.82, 2.24) is 4.98 Å². The van der Waals surface area contributed by atoms with E-state index >= 15 is 0 Å². The lowest BCUT2D eigenvalue weighted by atomic mass is 9.87. The van der Waals surface area contributed by atoms with Crippen molar-refractivity contribution in [3.8, 4) is 6.07 Å². The van der Waals surface area contributed by atoms with Crippen LogP contribution in [-0.4, -0.2) is 30.0 Å². The van der Waals surface area contributed by atoms with E-state index in [0.29, 0.717) is 0 Å². The molecule has 0 bridgehead atoms. The minimum absolute atomic E-state index is 0.0364. The van der Waals surface area contributed by atoms with Crippen molar-refractivity contribution in [3.05, 3.63) is 45.3 Å². The van der Waals surface area contributed by atoms with Gasteiger partial charge in [0, 0.05) is 6.42 Å². The van der Waals surface area contributed by atoms with Crippen LogP contribution in [0.2, 0.25) is 0 Å². The highest BCUT2D eigenvalue weighted by Crippen LogP contribution is 2.38. The molecular formula is C22H24N2O5S. The third-order valence-corrected chi connectivity index (χ3v) is 7.40. The Bertz CT molecular complexity index is 1140. The number of benzene rings is 1. The highest BCUT2D eigenvalue weighted by atomic mass is 32.2. The van der Waals surface area contributed by atoms with Crippen LogP contribution in [0.25, 0.3) is 0 Å². The first-order valence-corrected chi connectivity index (χ1v) is 11.8. The molecule has 2 aromatic rings. The Morgan fingerprint density at radius 3 is 2.23 bits per heavy atom. The minimum Gasteiger partial charge on any atom is -0.436 e. The van der Waals surface area contributed by atoms with E-state index in [-0.39, 0.29) is 12.1 Å². The minimum atomic E-state index is -4.05. The molecule has 0 spiro atoms. The van der Waals surface area contributed by atoms with Crippen molar-refractivity contribution >= 4 is 15.6 Å². The van der Waals surface area contributed by atoms with Crippen LogP contribution in [0.4, 0.5) is 0 Å². The molecule has 1 aromatic heterocycles. The van der Waals surface area contributed by atoms with Gasteiger partial charge in [0.25, 0.3) is 0 Å². The van der Waals surface area contributed by atoms with Crippen LogP contribution in [-0.2, 0) is 52.3 Å². The van der Waals surface area contributed by atoms with E-state index in [1.54, 1.807) is 0 Å². The van der Waals surface area contributed by atoms with Gasteiger partial charge in [0.2, 0.25) is 9.84 Å². The van der Waals surface area contributed by atoms with E-state index in [9.17, 15) is 23.6 Å². The second-order valence-corrected chi connectivity index (χ2v) is 10.5. The molecule has 0 saturated carbocycles. The van der Waals surface area contributed by atoms with Crippen molar-refractivity contribution in [2.75, 3.05) is 5.75 Å². The summed E-state index contributed by atoms with van der Waals surface area (Å²) in [6.45, 7) is 2.94. The molecule has 0 unspecified atom stereocenters. The first-order valence-electron chi connectivity index (χ1n) is 10.1. The van der Waals surface area contributed by atoms with E-state index in [0.717, 1.165) is 78.2 Å². The number of aromatic nitrogens is 1. The molecule has 1 aromatic carbocycles. The predicted octanol–water partition coefficient (Wildman–Crippen LogP) is 2.34. The third kappa shape index (κ3) is 3.57. The highest BCUT2D eigenvalue weighted by Gasteiger charge is 2.32. The monoisotopic (exact) mass is 428 g/mol. The Balaban J connectivity index is 1.61. The normalized spacial score (nSPS) is 15.7. The molecule has 8 heteroatoms. The average Bonchev–Trinajstić information content (AvgIpc) is 3.40. The number of Topliss-reactive ketones (excluding diaryl/α,β-unsaturated/α-hetero) is 1. The van der Waals surface area contributed by atoms with Crippen LogP contribution in [0.1, 0.15) is 65.8 Å². The molecule has 0 amide bonds. The topological polar surface area (TPSA) is 121 Å². The van der Waals surface area contributed by atoms with Crippen molar-refractivity contribution in [1.29, 1.82) is 5.26 Å². The number of carbonyl (C=O) groups is 1. The fraction of sp³-hybridized carbons (Fsp3) is 0.500. The molecule has 30 heavy (non-hydrogen) atoms. The van der Waals surface area contributed by atoms with Gasteiger partial charge in [0.15, 0.2) is 5.78 Å². The van der Waals surface area contributed by atoms with Gasteiger partial charge in [-0.05, 0) is 80.2 Å². The van der Waals surface area contributed by atoms with Crippen molar-refractivity contribution in [2.45, 2.75) is 69.6 Å². The average molecular weight is 429 g/mol. The van der Waals surface area contributed by atoms with E-state index in [1.807, 2.05) is 0 Å². The van der Waals surface area contributed by atoms with Gasteiger partial charge < -0.3 is 9.52 Å². The Morgan fingerprint density at radius 1 is 1.17 bits per heavy atom. The van der Waals surface area contributed by atoms with Crippen LogP contribution in [0, 0.1) is 11.3 Å². The van der Waals surface area contributed by atoms with Crippen molar-refractivity contribution < 1.29 is 22.7 Å². The smallest absolute Gasteiger partial charge is 0.315 e. The van der Waals surface area contributed by atoms with Gasteiger partial charge in [0.1, 0.15) is 23.3 Å². The number of aliphatic hydroxyl groups is 1. The molecule has 2 aliphatic rings. The lowest BCUT2D eigenvalue weighted by Gasteiger charge is -2.16. The van der Waals surface area contributed by atoms with Crippen LogP contribution in [0.15, 0.2) is 15.9 Å². The number of hydrogen-bond acceptors (Lipinski definition) is 7. The summed E-state index contributed by atoms with van der Waals surface area (Å²) in [7, 11) is -4.05. The van der Waals surface area contributed by atoms with E-state index in [4.69, 9.17) is 4.42 Å². The number of nitrogens with zero attached hydrogens (tertiary/aromatic N) is 2. The number of nitriles is 1. The Morgan fingerprint density at radius 2 is 1.73 bits per heavy atom. The van der Waals surface area contributed by atoms with Crippen LogP contribution >= 0.6 is 0 Å². The number of rotatable bonds is 6. The maximum absolute atomic E-state index is 12.8. The fourth-order valence-corrected chi connectivity index (χ4v) is 5.70. The SMILES string of the molecule is CC(C)(O)c1coc(S(=O)(=O)CC(=O)Cc2c3c(c(C#N)c4c2CCC4)CCC3)n1. The number of sulfone groups is 1. The van der Waals surface area contributed by atoms with Gasteiger partial charge in [-0.2, -0.15) is 5.26 Å². The largest absolute Gasteiger partial charge is 0.436 e. The van der Waals surface area contributed by atoms with Crippen LogP contribution < -0.4 is 0 Å². The molecule has 0 fully saturated rings. The molecular weight excluding hydrogens is 404 g/mol.